The van der Waals surface area contributed by atoms with Gasteiger partial charge in [-0.25, -0.2) is 4.79 Å². The zero-order valence-electron chi connectivity index (χ0n) is 13.0. The van der Waals surface area contributed by atoms with E-state index in [4.69, 9.17) is 14.2 Å². The summed E-state index contributed by atoms with van der Waals surface area (Å²) in [6.45, 7) is 1.97. The number of hydrogen-bond donors (Lipinski definition) is 0. The summed E-state index contributed by atoms with van der Waals surface area (Å²) in [7, 11) is 6.01. The maximum absolute atomic E-state index is 11.2. The quantitative estimate of drug-likeness (QED) is 0.474. The minimum absolute atomic E-state index is 0.208. The molecule has 0 spiro atoms. The van der Waals surface area contributed by atoms with Crippen LogP contribution in [0.3, 0.4) is 0 Å². The van der Waals surface area contributed by atoms with E-state index in [1.807, 2.05) is 6.92 Å². The molecule has 21 heavy (non-hydrogen) atoms. The molecule has 0 fully saturated rings. The number of rotatable bonds is 5. The maximum Gasteiger partial charge on any atom is 0.384 e. The van der Waals surface area contributed by atoms with Crippen molar-refractivity contribution in [2.24, 2.45) is 0 Å². The molecule has 1 atom stereocenters. The van der Waals surface area contributed by atoms with Gasteiger partial charge in [-0.2, -0.15) is 0 Å². The summed E-state index contributed by atoms with van der Waals surface area (Å²) in [4.78, 5) is 11.2. The van der Waals surface area contributed by atoms with E-state index < -0.39 is 5.97 Å². The number of hydrogen-bond acceptors (Lipinski definition) is 5. The van der Waals surface area contributed by atoms with Crippen molar-refractivity contribution >= 4 is 5.97 Å². The largest absolute Gasteiger partial charge is 0.496 e. The summed E-state index contributed by atoms with van der Waals surface area (Å²) >= 11 is 0. The summed E-state index contributed by atoms with van der Waals surface area (Å²) in [6.07, 6.45) is 0.697. The third-order valence-corrected chi connectivity index (χ3v) is 3.04. The monoisotopic (exact) mass is 292 g/mol. The molecule has 0 aliphatic rings. The van der Waals surface area contributed by atoms with E-state index in [0.29, 0.717) is 23.7 Å². The van der Waals surface area contributed by atoms with Gasteiger partial charge in [-0.05, 0) is 6.42 Å². The van der Waals surface area contributed by atoms with Crippen LogP contribution in [0.2, 0.25) is 0 Å². The van der Waals surface area contributed by atoms with Crippen molar-refractivity contribution in [3.05, 3.63) is 17.7 Å². The van der Waals surface area contributed by atoms with Crippen LogP contribution in [-0.4, -0.2) is 34.4 Å². The molecule has 1 aromatic rings. The molecule has 1 unspecified atom stereocenters. The summed E-state index contributed by atoms with van der Waals surface area (Å²) < 4.78 is 20.6. The van der Waals surface area contributed by atoms with Crippen molar-refractivity contribution in [2.45, 2.75) is 19.3 Å². The minimum atomic E-state index is -0.570. The Balaban J connectivity index is 3.35. The zero-order valence-corrected chi connectivity index (χ0v) is 13.0. The molecule has 1 rings (SSSR count). The first-order chi connectivity index (χ1) is 10.1. The lowest BCUT2D eigenvalue weighted by Gasteiger charge is -2.18. The van der Waals surface area contributed by atoms with Crippen molar-refractivity contribution in [2.75, 3.05) is 28.4 Å². The number of methoxy groups -OCH3 is 4. The van der Waals surface area contributed by atoms with Crippen molar-refractivity contribution < 1.29 is 23.7 Å². The second kappa shape index (κ2) is 8.05. The Morgan fingerprint density at radius 3 is 2.05 bits per heavy atom. The van der Waals surface area contributed by atoms with Gasteiger partial charge in [0.15, 0.2) is 0 Å². The molecule has 0 aliphatic heterocycles. The number of ether oxygens (including phenoxy) is 4. The van der Waals surface area contributed by atoms with Crippen LogP contribution < -0.4 is 14.2 Å². The molecule has 0 bridgehead atoms. The molecule has 0 aromatic heterocycles. The fraction of sp³-hybridized carbons (Fsp3) is 0.438. The van der Waals surface area contributed by atoms with Gasteiger partial charge in [0.1, 0.15) is 17.2 Å². The highest BCUT2D eigenvalue weighted by molar-refractivity contribution is 5.88. The van der Waals surface area contributed by atoms with Crippen LogP contribution in [-0.2, 0) is 9.53 Å². The van der Waals surface area contributed by atoms with E-state index in [-0.39, 0.29) is 5.92 Å². The molecule has 0 saturated heterocycles. The molecular formula is C16H20O5. The lowest BCUT2D eigenvalue weighted by Crippen LogP contribution is -2.04. The first-order valence-corrected chi connectivity index (χ1v) is 6.50. The van der Waals surface area contributed by atoms with Crippen LogP contribution in [0.4, 0.5) is 0 Å². The van der Waals surface area contributed by atoms with Crippen LogP contribution in [0.5, 0.6) is 17.2 Å². The number of esters is 1. The first kappa shape index (κ1) is 16.7. The van der Waals surface area contributed by atoms with Crippen molar-refractivity contribution in [3.8, 4) is 29.1 Å². The van der Waals surface area contributed by atoms with Crippen LogP contribution in [0.15, 0.2) is 12.1 Å². The molecule has 0 aliphatic carbocycles. The van der Waals surface area contributed by atoms with Gasteiger partial charge < -0.3 is 18.9 Å². The van der Waals surface area contributed by atoms with Gasteiger partial charge in [0, 0.05) is 18.1 Å². The molecule has 1 aromatic carbocycles. The zero-order chi connectivity index (χ0) is 15.8. The first-order valence-electron chi connectivity index (χ1n) is 6.50. The molecule has 5 nitrogen and oxygen atoms in total. The normalized spacial score (nSPS) is 10.9. The summed E-state index contributed by atoms with van der Waals surface area (Å²) in [5.41, 5.74) is 0.791. The summed E-state index contributed by atoms with van der Waals surface area (Å²) in [5, 5.41) is 0. The molecular weight excluding hydrogens is 272 g/mol. The predicted octanol–water partition coefficient (Wildman–Crippen LogP) is 2.38. The fourth-order valence-electron chi connectivity index (χ4n) is 1.95. The van der Waals surface area contributed by atoms with E-state index in [2.05, 4.69) is 16.6 Å². The molecule has 0 saturated carbocycles. The SMILES string of the molecule is CCC(C#CC(=O)OC)c1c(OC)cc(OC)cc1OC. The average Bonchev–Trinajstić information content (AvgIpc) is 2.54. The van der Waals surface area contributed by atoms with Crippen LogP contribution >= 0.6 is 0 Å². The average molecular weight is 292 g/mol. The number of benzene rings is 1. The highest BCUT2D eigenvalue weighted by atomic mass is 16.5. The Hall–Kier alpha value is -2.35. The highest BCUT2D eigenvalue weighted by Crippen LogP contribution is 2.40. The van der Waals surface area contributed by atoms with Crippen LogP contribution in [0.25, 0.3) is 0 Å². The predicted molar refractivity (Wildman–Crippen MR) is 78.9 cm³/mol. The van der Waals surface area contributed by atoms with Gasteiger partial charge in [-0.15, -0.1) is 0 Å². The lowest BCUT2D eigenvalue weighted by atomic mass is 9.94. The number of carbonyl (C=O) groups excluding carboxylic acids is 1. The smallest absolute Gasteiger partial charge is 0.384 e. The van der Waals surface area contributed by atoms with E-state index in [9.17, 15) is 4.79 Å². The Labute approximate surface area is 125 Å². The molecule has 114 valence electrons. The minimum Gasteiger partial charge on any atom is -0.496 e. The third kappa shape index (κ3) is 4.06. The molecule has 5 heteroatoms. The topological polar surface area (TPSA) is 54.0 Å². The van der Waals surface area contributed by atoms with Gasteiger partial charge in [0.2, 0.25) is 0 Å². The second-order valence-corrected chi connectivity index (χ2v) is 4.17. The molecule has 0 radical (unpaired) electrons. The van der Waals surface area contributed by atoms with Crippen LogP contribution in [0, 0.1) is 11.8 Å². The summed E-state index contributed by atoms with van der Waals surface area (Å²) in [6, 6.07) is 3.53. The van der Waals surface area contributed by atoms with Gasteiger partial charge in [0.25, 0.3) is 0 Å². The Bertz CT molecular complexity index is 529. The number of carbonyl (C=O) groups is 1. The third-order valence-electron chi connectivity index (χ3n) is 3.04. The second-order valence-electron chi connectivity index (χ2n) is 4.17. The molecule has 0 N–H and O–H groups in total. The molecule has 0 heterocycles. The van der Waals surface area contributed by atoms with E-state index in [1.54, 1.807) is 33.5 Å². The van der Waals surface area contributed by atoms with Gasteiger partial charge >= 0.3 is 5.97 Å². The van der Waals surface area contributed by atoms with Gasteiger partial charge in [0.05, 0.1) is 39.9 Å². The van der Waals surface area contributed by atoms with E-state index >= 15 is 0 Å². The summed E-state index contributed by atoms with van der Waals surface area (Å²) in [5.74, 6) is 6.42. The standard InChI is InChI=1S/C16H20O5/c1-6-11(7-8-15(17)21-5)16-13(19-3)9-12(18-2)10-14(16)20-4/h9-11H,6H2,1-5H3. The van der Waals surface area contributed by atoms with E-state index in [1.165, 1.54) is 7.11 Å². The van der Waals surface area contributed by atoms with Crippen LogP contribution in [0.1, 0.15) is 24.8 Å². The molecule has 0 amide bonds. The Kier molecular flexibility index (Phi) is 6.41. The van der Waals surface area contributed by atoms with E-state index in [0.717, 1.165) is 5.56 Å². The lowest BCUT2D eigenvalue weighted by molar-refractivity contribution is -0.133. The van der Waals surface area contributed by atoms with Gasteiger partial charge in [-0.1, -0.05) is 12.8 Å². The van der Waals surface area contributed by atoms with Crippen molar-refractivity contribution in [3.63, 3.8) is 0 Å². The fourth-order valence-corrected chi connectivity index (χ4v) is 1.95. The van der Waals surface area contributed by atoms with Gasteiger partial charge in [-0.3, -0.25) is 0 Å². The maximum atomic E-state index is 11.2. The Morgan fingerprint density at radius 1 is 1.10 bits per heavy atom. The Morgan fingerprint density at radius 2 is 1.67 bits per heavy atom. The van der Waals surface area contributed by atoms with Crippen molar-refractivity contribution in [1.82, 2.24) is 0 Å². The highest BCUT2D eigenvalue weighted by Gasteiger charge is 2.20. The van der Waals surface area contributed by atoms with Crippen molar-refractivity contribution in [1.29, 1.82) is 0 Å².